The summed E-state index contributed by atoms with van der Waals surface area (Å²) < 4.78 is 28.3. The number of benzene rings is 2. The molecule has 0 aromatic heterocycles. The Hall–Kier alpha value is -1.79. The molecule has 2 aromatic carbocycles. The van der Waals surface area contributed by atoms with Crippen LogP contribution in [0.2, 0.25) is 0 Å². The fraction of sp³-hybridized carbons (Fsp3) is 0.133. The van der Waals surface area contributed by atoms with Gasteiger partial charge in [0.25, 0.3) is 10.0 Å². The van der Waals surface area contributed by atoms with Crippen LogP contribution < -0.4 is 5.32 Å². The zero-order chi connectivity index (χ0) is 14.9. The van der Waals surface area contributed by atoms with Gasteiger partial charge in [-0.15, -0.1) is 4.40 Å². The molecule has 0 aliphatic carbocycles. The zero-order valence-electron chi connectivity index (χ0n) is 11.4. The minimum atomic E-state index is -3.61. The van der Waals surface area contributed by atoms with E-state index >= 15 is 0 Å². The third-order valence-corrected chi connectivity index (χ3v) is 5.45. The highest BCUT2D eigenvalue weighted by atomic mass is 32.2. The normalized spacial score (nSPS) is 15.8. The Morgan fingerprint density at radius 3 is 2.67 bits per heavy atom. The van der Waals surface area contributed by atoms with Crippen molar-refractivity contribution in [1.82, 2.24) is 0 Å². The van der Waals surface area contributed by atoms with Crippen molar-refractivity contribution in [3.8, 4) is 0 Å². The molecule has 0 fully saturated rings. The number of rotatable bonds is 2. The van der Waals surface area contributed by atoms with Gasteiger partial charge in [-0.1, -0.05) is 48.2 Å². The fourth-order valence-electron chi connectivity index (χ4n) is 2.03. The summed E-state index contributed by atoms with van der Waals surface area (Å²) in [5.41, 5.74) is 2.61. The van der Waals surface area contributed by atoms with Gasteiger partial charge in [0.1, 0.15) is 4.90 Å². The maximum atomic E-state index is 12.2. The molecule has 0 spiro atoms. The summed E-state index contributed by atoms with van der Waals surface area (Å²) in [6.45, 7) is 1.86. The van der Waals surface area contributed by atoms with Crippen LogP contribution in [0.3, 0.4) is 0 Å². The molecule has 2 aromatic rings. The smallest absolute Gasteiger partial charge is 0.286 e. The van der Waals surface area contributed by atoms with Crippen LogP contribution in [0.4, 0.5) is 5.69 Å². The van der Waals surface area contributed by atoms with Crippen molar-refractivity contribution >= 4 is 32.6 Å². The molecule has 0 radical (unpaired) electrons. The van der Waals surface area contributed by atoms with Crippen molar-refractivity contribution in [3.05, 3.63) is 59.7 Å². The van der Waals surface area contributed by atoms with Crippen molar-refractivity contribution < 1.29 is 8.42 Å². The number of hydrogen-bond acceptors (Lipinski definition) is 4. The van der Waals surface area contributed by atoms with Gasteiger partial charge < -0.3 is 5.32 Å². The number of fused-ring (bicyclic) bond motifs is 1. The summed E-state index contributed by atoms with van der Waals surface area (Å²) in [5.74, 6) is 0.670. The van der Waals surface area contributed by atoms with Crippen LogP contribution in [0.25, 0.3) is 0 Å². The molecule has 0 bridgehead atoms. The number of thioether (sulfide) groups is 1. The van der Waals surface area contributed by atoms with Gasteiger partial charge in [-0.3, -0.25) is 0 Å². The summed E-state index contributed by atoms with van der Waals surface area (Å²) in [6, 6.07) is 15.2. The largest absolute Gasteiger partial charge is 0.333 e. The first-order chi connectivity index (χ1) is 10.0. The first kappa shape index (κ1) is 14.2. The molecule has 1 aliphatic rings. The minimum absolute atomic E-state index is 0.242. The maximum absolute atomic E-state index is 12.2. The molecule has 1 heterocycles. The average molecular weight is 318 g/mol. The second-order valence-electron chi connectivity index (χ2n) is 4.77. The van der Waals surface area contributed by atoms with Crippen molar-refractivity contribution in [1.29, 1.82) is 0 Å². The number of anilines is 1. The Labute approximate surface area is 128 Å². The molecule has 1 N–H and O–H groups in total. The van der Waals surface area contributed by atoms with Crippen LogP contribution in [0.15, 0.2) is 57.8 Å². The van der Waals surface area contributed by atoms with Crippen LogP contribution in [0.1, 0.15) is 11.1 Å². The Morgan fingerprint density at radius 1 is 1.14 bits per heavy atom. The van der Waals surface area contributed by atoms with E-state index in [4.69, 9.17) is 0 Å². The van der Waals surface area contributed by atoms with E-state index < -0.39 is 10.0 Å². The monoisotopic (exact) mass is 318 g/mol. The highest BCUT2D eigenvalue weighted by Gasteiger charge is 2.24. The maximum Gasteiger partial charge on any atom is 0.286 e. The summed E-state index contributed by atoms with van der Waals surface area (Å²) in [7, 11) is -3.61. The van der Waals surface area contributed by atoms with Crippen molar-refractivity contribution in [2.75, 3.05) is 5.32 Å². The van der Waals surface area contributed by atoms with Gasteiger partial charge in [0, 0.05) is 5.75 Å². The van der Waals surface area contributed by atoms with E-state index in [1.54, 1.807) is 12.1 Å². The lowest BCUT2D eigenvalue weighted by Gasteiger charge is -2.18. The second kappa shape index (κ2) is 5.54. The quantitative estimate of drug-likeness (QED) is 0.922. The van der Waals surface area contributed by atoms with E-state index in [0.29, 0.717) is 16.6 Å². The summed E-state index contributed by atoms with van der Waals surface area (Å²) in [6.07, 6.45) is 0. The predicted molar refractivity (Wildman–Crippen MR) is 87.2 cm³/mol. The molecule has 0 saturated carbocycles. The van der Waals surface area contributed by atoms with E-state index in [0.717, 1.165) is 11.1 Å². The van der Waals surface area contributed by atoms with Crippen molar-refractivity contribution in [2.24, 2.45) is 4.40 Å². The number of hydrogen-bond donors (Lipinski definition) is 1. The molecule has 1 aliphatic heterocycles. The Bertz CT molecular complexity index is 800. The van der Waals surface area contributed by atoms with Crippen LogP contribution in [-0.2, 0) is 15.8 Å². The molecule has 4 nitrogen and oxygen atoms in total. The lowest BCUT2D eigenvalue weighted by Crippen LogP contribution is -2.19. The second-order valence-corrected chi connectivity index (χ2v) is 7.31. The van der Waals surface area contributed by atoms with E-state index in [1.165, 1.54) is 11.8 Å². The van der Waals surface area contributed by atoms with Gasteiger partial charge in [-0.25, -0.2) is 0 Å². The molecule has 21 heavy (non-hydrogen) atoms. The first-order valence-electron chi connectivity index (χ1n) is 6.44. The predicted octanol–water partition coefficient (Wildman–Crippen LogP) is 3.40. The van der Waals surface area contributed by atoms with Gasteiger partial charge in [0.2, 0.25) is 0 Å². The fourth-order valence-corrected chi connectivity index (χ4v) is 4.31. The van der Waals surface area contributed by atoms with Gasteiger partial charge in [0.05, 0.1) is 5.69 Å². The van der Waals surface area contributed by atoms with E-state index in [1.807, 2.05) is 43.3 Å². The standard InChI is InChI=1S/C15H14N2O2S2/c1-11-7-8-13-14(9-11)21(18,19)17-15(16-13)20-10-12-5-3-2-4-6-12/h2-9H,10H2,1H3,(H,16,17). The van der Waals surface area contributed by atoms with E-state index in [-0.39, 0.29) is 4.90 Å². The number of amidine groups is 1. The zero-order valence-corrected chi connectivity index (χ0v) is 13.0. The van der Waals surface area contributed by atoms with Gasteiger partial charge in [-0.2, -0.15) is 8.42 Å². The highest BCUT2D eigenvalue weighted by Crippen LogP contribution is 2.30. The minimum Gasteiger partial charge on any atom is -0.333 e. The molecular formula is C15H14N2O2S2. The summed E-state index contributed by atoms with van der Waals surface area (Å²) >= 11 is 1.38. The summed E-state index contributed by atoms with van der Waals surface area (Å²) in [4.78, 5) is 0.242. The van der Waals surface area contributed by atoms with Gasteiger partial charge >= 0.3 is 0 Å². The molecule has 108 valence electrons. The molecule has 0 saturated heterocycles. The van der Waals surface area contributed by atoms with Crippen LogP contribution in [0, 0.1) is 6.92 Å². The number of nitrogens with one attached hydrogen (secondary N) is 1. The number of aryl methyl sites for hydroxylation is 1. The molecular weight excluding hydrogens is 304 g/mol. The third-order valence-electron chi connectivity index (χ3n) is 3.08. The molecule has 0 atom stereocenters. The topological polar surface area (TPSA) is 58.5 Å². The van der Waals surface area contributed by atoms with Gasteiger partial charge in [0.15, 0.2) is 5.17 Å². The van der Waals surface area contributed by atoms with Gasteiger partial charge in [-0.05, 0) is 30.2 Å². The van der Waals surface area contributed by atoms with Crippen LogP contribution in [-0.4, -0.2) is 13.6 Å². The van der Waals surface area contributed by atoms with E-state index in [9.17, 15) is 8.42 Å². The van der Waals surface area contributed by atoms with Crippen molar-refractivity contribution in [2.45, 2.75) is 17.6 Å². The highest BCUT2D eigenvalue weighted by molar-refractivity contribution is 8.14. The van der Waals surface area contributed by atoms with E-state index in [2.05, 4.69) is 9.71 Å². The lowest BCUT2D eigenvalue weighted by atomic mass is 10.2. The van der Waals surface area contributed by atoms with Crippen LogP contribution >= 0.6 is 11.8 Å². The number of sulfonamides is 1. The molecule has 0 amide bonds. The molecule has 0 unspecified atom stereocenters. The van der Waals surface area contributed by atoms with Crippen molar-refractivity contribution in [3.63, 3.8) is 0 Å². The van der Waals surface area contributed by atoms with Crippen LogP contribution in [0.5, 0.6) is 0 Å². The Balaban J connectivity index is 1.83. The molecule has 3 rings (SSSR count). The third kappa shape index (κ3) is 3.11. The average Bonchev–Trinajstić information content (AvgIpc) is 2.47. The summed E-state index contributed by atoms with van der Waals surface area (Å²) in [5, 5.41) is 3.50. The SMILES string of the molecule is Cc1ccc2c(c1)S(=O)(=O)N=C(SCc1ccccc1)N2. The Kier molecular flexibility index (Phi) is 3.73. The molecule has 6 heteroatoms. The Morgan fingerprint density at radius 2 is 1.90 bits per heavy atom. The first-order valence-corrected chi connectivity index (χ1v) is 8.86. The lowest BCUT2D eigenvalue weighted by molar-refractivity contribution is 0.598. The number of nitrogens with zero attached hydrogens (tertiary/aromatic N) is 1.